The number of carbonyl (C=O) groups excluding carboxylic acids is 3. The van der Waals surface area contributed by atoms with Crippen LogP contribution in [0.25, 0.3) is 21.5 Å². The SMILES string of the molecule is CC[C@H](C)[C@@H](CO)NC(=O)C[C@H](O)[C@H](CC(C)C)N(C(=O)C(Cc1cccc2ccccc12)Cc1cccc2ccccc12)C(=O)[C@@H](N)CCSC. The molecule has 0 bridgehead atoms. The molecule has 0 heterocycles. The number of rotatable bonds is 19. The summed E-state index contributed by atoms with van der Waals surface area (Å²) in [6.07, 6.45) is 2.35. The van der Waals surface area contributed by atoms with Crippen LogP contribution in [0.4, 0.5) is 0 Å². The highest BCUT2D eigenvalue weighted by atomic mass is 32.2. The van der Waals surface area contributed by atoms with Gasteiger partial charge in [0.2, 0.25) is 17.7 Å². The van der Waals surface area contributed by atoms with Crippen LogP contribution >= 0.6 is 11.8 Å². The first-order valence-corrected chi connectivity index (χ1v) is 20.0. The molecule has 0 saturated heterocycles. The van der Waals surface area contributed by atoms with Gasteiger partial charge in [-0.15, -0.1) is 0 Å². The number of nitrogens with one attached hydrogen (secondary N) is 1. The zero-order chi connectivity index (χ0) is 37.8. The van der Waals surface area contributed by atoms with Crippen LogP contribution in [0.2, 0.25) is 0 Å². The molecular weight excluding hydrogens is 671 g/mol. The largest absolute Gasteiger partial charge is 0.394 e. The zero-order valence-electron chi connectivity index (χ0n) is 31.3. The molecule has 4 aromatic rings. The van der Waals surface area contributed by atoms with Gasteiger partial charge in [-0.05, 0) is 82.2 Å². The molecule has 5 N–H and O–H groups in total. The Kier molecular flexibility index (Phi) is 15.7. The van der Waals surface area contributed by atoms with Crippen LogP contribution in [-0.4, -0.2) is 75.7 Å². The third-order valence-corrected chi connectivity index (χ3v) is 10.9. The Hall–Kier alpha value is -3.76. The Bertz CT molecular complexity index is 1690. The molecule has 0 unspecified atom stereocenters. The number of hydrogen-bond donors (Lipinski definition) is 4. The number of thioether (sulfide) groups is 1. The molecule has 0 aromatic heterocycles. The molecule has 0 aliphatic carbocycles. The summed E-state index contributed by atoms with van der Waals surface area (Å²) in [6.45, 7) is 7.63. The molecule has 4 rings (SSSR count). The topological polar surface area (TPSA) is 133 Å². The lowest BCUT2D eigenvalue weighted by Crippen LogP contribution is -2.58. The molecule has 0 fully saturated rings. The summed E-state index contributed by atoms with van der Waals surface area (Å²) in [4.78, 5) is 44.4. The lowest BCUT2D eigenvalue weighted by atomic mass is 9.86. The van der Waals surface area contributed by atoms with E-state index in [0.717, 1.165) is 39.1 Å². The Balaban J connectivity index is 1.81. The van der Waals surface area contributed by atoms with Crippen molar-refractivity contribution in [3.05, 3.63) is 96.1 Å². The van der Waals surface area contributed by atoms with Crippen molar-refractivity contribution in [2.75, 3.05) is 18.6 Å². The summed E-state index contributed by atoms with van der Waals surface area (Å²) >= 11 is 1.57. The zero-order valence-corrected chi connectivity index (χ0v) is 32.1. The molecule has 9 heteroatoms. The van der Waals surface area contributed by atoms with Crippen molar-refractivity contribution in [1.82, 2.24) is 10.2 Å². The number of carbonyl (C=O) groups is 3. The number of hydrogen-bond acceptors (Lipinski definition) is 7. The Morgan fingerprint density at radius 2 is 1.37 bits per heavy atom. The number of fused-ring (bicyclic) bond motifs is 2. The summed E-state index contributed by atoms with van der Waals surface area (Å²) in [7, 11) is 0. The van der Waals surface area contributed by atoms with Gasteiger partial charge in [0.25, 0.3) is 0 Å². The molecule has 4 aromatic carbocycles. The van der Waals surface area contributed by atoms with Crippen molar-refractivity contribution in [3.63, 3.8) is 0 Å². The number of imide groups is 1. The molecular formula is C43H57N3O5S. The minimum absolute atomic E-state index is 0.0203. The molecule has 0 radical (unpaired) electrons. The summed E-state index contributed by atoms with van der Waals surface area (Å²) in [5.74, 6) is -1.46. The van der Waals surface area contributed by atoms with E-state index in [2.05, 4.69) is 5.32 Å². The smallest absolute Gasteiger partial charge is 0.246 e. The van der Waals surface area contributed by atoms with Crippen molar-refractivity contribution in [3.8, 4) is 0 Å². The maximum absolute atomic E-state index is 15.3. The normalized spacial score (nSPS) is 14.7. The molecule has 0 saturated carbocycles. The number of aliphatic hydroxyl groups is 2. The lowest BCUT2D eigenvalue weighted by Gasteiger charge is -2.38. The average Bonchev–Trinajstić information content (AvgIpc) is 3.14. The fraction of sp³-hybridized carbons (Fsp3) is 0.465. The van der Waals surface area contributed by atoms with Crippen molar-refractivity contribution in [2.45, 2.75) is 90.4 Å². The summed E-state index contributed by atoms with van der Waals surface area (Å²) in [5, 5.41) is 28.9. The van der Waals surface area contributed by atoms with Crippen molar-refractivity contribution in [1.29, 1.82) is 0 Å². The van der Waals surface area contributed by atoms with Gasteiger partial charge in [0, 0.05) is 5.92 Å². The standard InChI is InChI=1S/C43H57N3O5S/c1-6-29(4)38(27-47)45-41(49)26-40(48)39(23-28(2)3)46(43(51)37(44)21-22-52-5)42(50)34(24-32-17-11-15-30-13-7-9-19-35(30)32)25-33-18-12-16-31-14-8-10-20-36(31)33/h7-20,28-29,34,37-40,47-48H,6,21-27,44H2,1-5H3,(H,45,49)/t29-,37-,38+,39-,40-/m0/s1. The monoisotopic (exact) mass is 727 g/mol. The van der Waals surface area contributed by atoms with Crippen LogP contribution in [0.5, 0.6) is 0 Å². The minimum Gasteiger partial charge on any atom is -0.394 e. The predicted molar refractivity (Wildman–Crippen MR) is 214 cm³/mol. The fourth-order valence-corrected chi connectivity index (χ4v) is 7.55. The summed E-state index contributed by atoms with van der Waals surface area (Å²) < 4.78 is 0. The Morgan fingerprint density at radius 3 is 1.87 bits per heavy atom. The van der Waals surface area contributed by atoms with Crippen LogP contribution in [0.15, 0.2) is 84.9 Å². The molecule has 5 atom stereocenters. The lowest BCUT2D eigenvalue weighted by molar-refractivity contribution is -0.156. The van der Waals surface area contributed by atoms with Gasteiger partial charge in [0.05, 0.1) is 37.3 Å². The molecule has 0 spiro atoms. The molecule has 0 aliphatic rings. The van der Waals surface area contributed by atoms with E-state index in [4.69, 9.17) is 5.73 Å². The Morgan fingerprint density at radius 1 is 0.827 bits per heavy atom. The van der Waals surface area contributed by atoms with Gasteiger partial charge in [-0.25, -0.2) is 0 Å². The van der Waals surface area contributed by atoms with E-state index in [0.29, 0.717) is 25.0 Å². The van der Waals surface area contributed by atoms with Gasteiger partial charge < -0.3 is 21.3 Å². The number of nitrogens with two attached hydrogens (primary N) is 1. The second-order valence-electron chi connectivity index (χ2n) is 14.5. The highest BCUT2D eigenvalue weighted by Gasteiger charge is 2.41. The van der Waals surface area contributed by atoms with E-state index in [9.17, 15) is 19.8 Å². The van der Waals surface area contributed by atoms with Crippen LogP contribution in [0.3, 0.4) is 0 Å². The van der Waals surface area contributed by atoms with E-state index >= 15 is 4.79 Å². The number of aliphatic hydroxyl groups excluding tert-OH is 2. The van der Waals surface area contributed by atoms with Crippen molar-refractivity contribution >= 4 is 51.0 Å². The number of nitrogens with zero attached hydrogens (tertiary/aromatic N) is 1. The minimum atomic E-state index is -1.35. The highest BCUT2D eigenvalue weighted by Crippen LogP contribution is 2.30. The second kappa shape index (κ2) is 19.9. The third-order valence-electron chi connectivity index (χ3n) is 10.2. The predicted octanol–water partition coefficient (Wildman–Crippen LogP) is 6.52. The van der Waals surface area contributed by atoms with E-state index in [1.54, 1.807) is 11.8 Å². The maximum atomic E-state index is 15.3. The van der Waals surface area contributed by atoms with Gasteiger partial charge in [-0.2, -0.15) is 11.8 Å². The second-order valence-corrected chi connectivity index (χ2v) is 15.5. The molecule has 0 aliphatic heterocycles. The number of amides is 3. The summed E-state index contributed by atoms with van der Waals surface area (Å²) in [6, 6.07) is 25.8. The first-order valence-electron chi connectivity index (χ1n) is 18.6. The van der Waals surface area contributed by atoms with Gasteiger partial charge in [-0.1, -0.05) is 119 Å². The van der Waals surface area contributed by atoms with E-state index in [1.165, 1.54) is 4.90 Å². The van der Waals surface area contributed by atoms with Gasteiger partial charge in [0.1, 0.15) is 0 Å². The number of benzene rings is 4. The summed E-state index contributed by atoms with van der Waals surface area (Å²) in [5.41, 5.74) is 8.52. The van der Waals surface area contributed by atoms with Crippen LogP contribution in [0, 0.1) is 17.8 Å². The fourth-order valence-electron chi connectivity index (χ4n) is 7.06. The van der Waals surface area contributed by atoms with E-state index < -0.39 is 47.9 Å². The van der Waals surface area contributed by atoms with Crippen LogP contribution in [-0.2, 0) is 27.2 Å². The molecule has 280 valence electrons. The molecule has 8 nitrogen and oxygen atoms in total. The highest BCUT2D eigenvalue weighted by molar-refractivity contribution is 7.98. The van der Waals surface area contributed by atoms with Crippen molar-refractivity contribution < 1.29 is 24.6 Å². The van der Waals surface area contributed by atoms with Crippen LogP contribution in [0.1, 0.15) is 64.5 Å². The van der Waals surface area contributed by atoms with Gasteiger partial charge in [0.15, 0.2) is 0 Å². The van der Waals surface area contributed by atoms with Crippen LogP contribution < -0.4 is 11.1 Å². The first kappa shape index (κ1) is 41.0. The maximum Gasteiger partial charge on any atom is 0.246 e. The molecule has 3 amide bonds. The van der Waals surface area contributed by atoms with Gasteiger partial charge >= 0.3 is 0 Å². The Labute approximate surface area is 313 Å². The van der Waals surface area contributed by atoms with E-state index in [-0.39, 0.29) is 31.3 Å². The average molecular weight is 728 g/mol. The van der Waals surface area contributed by atoms with Crippen molar-refractivity contribution in [2.24, 2.45) is 23.5 Å². The molecule has 52 heavy (non-hydrogen) atoms. The third kappa shape index (κ3) is 10.7. The van der Waals surface area contributed by atoms with Gasteiger partial charge in [-0.3, -0.25) is 19.3 Å². The van der Waals surface area contributed by atoms with E-state index in [1.807, 2.05) is 119 Å². The first-order chi connectivity index (χ1) is 25.0. The quantitative estimate of drug-likeness (QED) is 0.0865.